The summed E-state index contributed by atoms with van der Waals surface area (Å²) in [4.78, 5) is 26.0. The molecule has 6 heteroatoms. The zero-order valence-electron chi connectivity index (χ0n) is 11.8. The first kappa shape index (κ1) is 15.4. The van der Waals surface area contributed by atoms with Crippen LogP contribution in [0.1, 0.15) is 35.4 Å². The van der Waals surface area contributed by atoms with Crippen LogP contribution in [0.5, 0.6) is 0 Å². The molecule has 2 amide bonds. The lowest BCUT2D eigenvalue weighted by atomic mass is 9.84. The van der Waals surface area contributed by atoms with Gasteiger partial charge in [-0.05, 0) is 30.5 Å². The van der Waals surface area contributed by atoms with Gasteiger partial charge in [-0.3, -0.25) is 9.59 Å². The van der Waals surface area contributed by atoms with E-state index in [-0.39, 0.29) is 23.8 Å². The van der Waals surface area contributed by atoms with Gasteiger partial charge in [0.25, 0.3) is 5.91 Å². The van der Waals surface area contributed by atoms with E-state index in [2.05, 4.69) is 10.6 Å². The molecule has 0 aromatic carbocycles. The summed E-state index contributed by atoms with van der Waals surface area (Å²) in [6, 6.07) is 1.91. The molecule has 2 atom stereocenters. The summed E-state index contributed by atoms with van der Waals surface area (Å²) in [6.45, 7) is 0. The standard InChI is InChI=1S/C14H20N2O2S2/c1-15-13(17)9-5-3-4-6-10(9)16-14(18)12-11(19-2)7-8-20-12/h7-10H,3-6H2,1-2H3,(H,15,17)(H,16,18)/t9-,10-/m0/s1. The van der Waals surface area contributed by atoms with Crippen LogP contribution in [0.15, 0.2) is 16.3 Å². The Morgan fingerprint density at radius 3 is 2.80 bits per heavy atom. The zero-order valence-corrected chi connectivity index (χ0v) is 13.4. The molecule has 20 heavy (non-hydrogen) atoms. The molecule has 1 heterocycles. The fourth-order valence-corrected chi connectivity index (χ4v) is 4.31. The van der Waals surface area contributed by atoms with Gasteiger partial charge in [-0.15, -0.1) is 23.1 Å². The van der Waals surface area contributed by atoms with Gasteiger partial charge in [-0.2, -0.15) is 0 Å². The second-order valence-corrected chi connectivity index (χ2v) is 6.67. The van der Waals surface area contributed by atoms with E-state index in [4.69, 9.17) is 0 Å². The molecule has 0 saturated heterocycles. The van der Waals surface area contributed by atoms with Crippen LogP contribution in [0.25, 0.3) is 0 Å². The van der Waals surface area contributed by atoms with Crippen LogP contribution in [0.4, 0.5) is 0 Å². The Balaban J connectivity index is 2.07. The van der Waals surface area contributed by atoms with Crippen molar-refractivity contribution in [2.75, 3.05) is 13.3 Å². The molecule has 1 aromatic rings. The SMILES string of the molecule is CNC(=O)[C@H]1CCCC[C@@H]1NC(=O)c1sccc1SC. The van der Waals surface area contributed by atoms with Crippen LogP contribution < -0.4 is 10.6 Å². The predicted octanol–water partition coefficient (Wildman–Crippen LogP) is 2.50. The highest BCUT2D eigenvalue weighted by Gasteiger charge is 2.32. The number of nitrogens with one attached hydrogen (secondary N) is 2. The highest BCUT2D eigenvalue weighted by atomic mass is 32.2. The van der Waals surface area contributed by atoms with Crippen LogP contribution >= 0.6 is 23.1 Å². The van der Waals surface area contributed by atoms with Crippen LogP contribution in [0.3, 0.4) is 0 Å². The molecule has 0 bridgehead atoms. The maximum absolute atomic E-state index is 12.4. The molecular formula is C14H20N2O2S2. The highest BCUT2D eigenvalue weighted by molar-refractivity contribution is 7.98. The van der Waals surface area contributed by atoms with E-state index in [1.807, 2.05) is 17.7 Å². The van der Waals surface area contributed by atoms with E-state index in [1.165, 1.54) is 11.3 Å². The Bertz CT molecular complexity index is 487. The third-order valence-electron chi connectivity index (χ3n) is 3.72. The fraction of sp³-hybridized carbons (Fsp3) is 0.571. The largest absolute Gasteiger partial charge is 0.359 e. The smallest absolute Gasteiger partial charge is 0.262 e. The molecule has 1 aromatic heterocycles. The topological polar surface area (TPSA) is 58.2 Å². The first-order valence-corrected chi connectivity index (χ1v) is 8.91. The Hall–Kier alpha value is -1.01. The third-order valence-corrected chi connectivity index (χ3v) is 5.54. The first-order chi connectivity index (χ1) is 9.67. The van der Waals surface area contributed by atoms with Crippen molar-refractivity contribution in [1.29, 1.82) is 0 Å². The predicted molar refractivity (Wildman–Crippen MR) is 83.4 cm³/mol. The van der Waals surface area contributed by atoms with E-state index in [9.17, 15) is 9.59 Å². The Morgan fingerprint density at radius 2 is 2.10 bits per heavy atom. The van der Waals surface area contributed by atoms with E-state index < -0.39 is 0 Å². The van der Waals surface area contributed by atoms with Crippen molar-refractivity contribution in [2.45, 2.75) is 36.6 Å². The van der Waals surface area contributed by atoms with E-state index in [1.54, 1.807) is 18.8 Å². The van der Waals surface area contributed by atoms with E-state index >= 15 is 0 Å². The van der Waals surface area contributed by atoms with Crippen molar-refractivity contribution in [3.63, 3.8) is 0 Å². The molecule has 110 valence electrons. The monoisotopic (exact) mass is 312 g/mol. The van der Waals surface area contributed by atoms with Crippen LogP contribution in [0.2, 0.25) is 0 Å². The van der Waals surface area contributed by atoms with Crippen LogP contribution in [-0.4, -0.2) is 31.2 Å². The zero-order chi connectivity index (χ0) is 14.5. The summed E-state index contributed by atoms with van der Waals surface area (Å²) in [5.74, 6) is -0.119. The number of carbonyl (C=O) groups is 2. The van der Waals surface area contributed by atoms with E-state index in [0.717, 1.165) is 35.5 Å². The lowest BCUT2D eigenvalue weighted by Crippen LogP contribution is -2.47. The van der Waals surface area contributed by atoms with Gasteiger partial charge in [0.1, 0.15) is 4.88 Å². The van der Waals surface area contributed by atoms with E-state index in [0.29, 0.717) is 0 Å². The molecule has 0 radical (unpaired) electrons. The van der Waals surface area contributed by atoms with Gasteiger partial charge in [-0.1, -0.05) is 12.8 Å². The average Bonchev–Trinajstić information content (AvgIpc) is 2.95. The molecule has 0 aliphatic heterocycles. The number of thiophene rings is 1. The lowest BCUT2D eigenvalue weighted by molar-refractivity contribution is -0.126. The number of hydrogen-bond acceptors (Lipinski definition) is 4. The normalized spacial score (nSPS) is 22.3. The molecule has 2 rings (SSSR count). The maximum Gasteiger partial charge on any atom is 0.262 e. The number of carbonyl (C=O) groups excluding carboxylic acids is 2. The van der Waals surface area contributed by atoms with Gasteiger partial charge in [0.15, 0.2) is 0 Å². The van der Waals surface area contributed by atoms with Gasteiger partial charge in [0.05, 0.1) is 5.92 Å². The Labute approximate surface area is 127 Å². The van der Waals surface area contributed by atoms with Crippen molar-refractivity contribution in [2.24, 2.45) is 5.92 Å². The quantitative estimate of drug-likeness (QED) is 0.840. The average molecular weight is 312 g/mol. The van der Waals surface area contributed by atoms with Crippen molar-refractivity contribution in [3.05, 3.63) is 16.3 Å². The third kappa shape index (κ3) is 3.35. The molecule has 0 spiro atoms. The minimum atomic E-state index is -0.101. The van der Waals surface area contributed by atoms with Gasteiger partial charge < -0.3 is 10.6 Å². The number of hydrogen-bond donors (Lipinski definition) is 2. The minimum Gasteiger partial charge on any atom is -0.359 e. The van der Waals surface area contributed by atoms with Gasteiger partial charge in [0, 0.05) is 18.0 Å². The summed E-state index contributed by atoms with van der Waals surface area (Å²) in [5, 5.41) is 7.69. The number of thioether (sulfide) groups is 1. The molecule has 1 aliphatic carbocycles. The first-order valence-electron chi connectivity index (χ1n) is 6.81. The van der Waals surface area contributed by atoms with Crippen molar-refractivity contribution in [3.8, 4) is 0 Å². The highest BCUT2D eigenvalue weighted by Crippen LogP contribution is 2.28. The fourth-order valence-electron chi connectivity index (χ4n) is 2.66. The maximum atomic E-state index is 12.4. The molecule has 2 N–H and O–H groups in total. The van der Waals surface area contributed by atoms with Crippen LogP contribution in [0, 0.1) is 5.92 Å². The molecule has 4 nitrogen and oxygen atoms in total. The van der Waals surface area contributed by atoms with Gasteiger partial charge >= 0.3 is 0 Å². The molecule has 1 aliphatic rings. The molecule has 0 unspecified atom stereocenters. The molecule has 1 fully saturated rings. The summed E-state index contributed by atoms with van der Waals surface area (Å²) in [6.07, 6.45) is 5.82. The number of rotatable bonds is 4. The van der Waals surface area contributed by atoms with Crippen molar-refractivity contribution < 1.29 is 9.59 Å². The van der Waals surface area contributed by atoms with Crippen molar-refractivity contribution in [1.82, 2.24) is 10.6 Å². The second-order valence-electron chi connectivity index (χ2n) is 4.90. The summed E-state index contributed by atoms with van der Waals surface area (Å²) < 4.78 is 0. The van der Waals surface area contributed by atoms with Gasteiger partial charge in [0.2, 0.25) is 5.91 Å². The minimum absolute atomic E-state index is 0.0336. The summed E-state index contributed by atoms with van der Waals surface area (Å²) >= 11 is 3.03. The molecular weight excluding hydrogens is 292 g/mol. The Kier molecular flexibility index (Phi) is 5.48. The Morgan fingerprint density at radius 1 is 1.35 bits per heavy atom. The molecule has 1 saturated carbocycles. The second kappa shape index (κ2) is 7.13. The van der Waals surface area contributed by atoms with Crippen molar-refractivity contribution >= 4 is 34.9 Å². The number of amides is 2. The van der Waals surface area contributed by atoms with Gasteiger partial charge in [-0.25, -0.2) is 0 Å². The summed E-state index contributed by atoms with van der Waals surface area (Å²) in [5.41, 5.74) is 0. The summed E-state index contributed by atoms with van der Waals surface area (Å²) in [7, 11) is 1.65. The van der Waals surface area contributed by atoms with Crippen LogP contribution in [-0.2, 0) is 4.79 Å². The lowest BCUT2D eigenvalue weighted by Gasteiger charge is -2.30.